The largest absolute Gasteiger partial charge is 0.425 e. The molecule has 88 valence electrons. The number of nitro groups is 1. The van der Waals surface area contributed by atoms with Gasteiger partial charge in [0.15, 0.2) is 0 Å². The SMILES string of the molecule is CCc1nnc(Cc2cccc([N+](=O)[O-])c2)o1. The lowest BCUT2D eigenvalue weighted by Crippen LogP contribution is -1.92. The molecule has 0 aliphatic carbocycles. The Labute approximate surface area is 97.4 Å². The van der Waals surface area contributed by atoms with Gasteiger partial charge in [-0.25, -0.2) is 0 Å². The average Bonchev–Trinajstić information content (AvgIpc) is 2.77. The van der Waals surface area contributed by atoms with Crippen LogP contribution in [0.1, 0.15) is 24.3 Å². The highest BCUT2D eigenvalue weighted by Gasteiger charge is 2.09. The minimum atomic E-state index is -0.422. The fraction of sp³-hybridized carbons (Fsp3) is 0.273. The third-order valence-electron chi connectivity index (χ3n) is 2.29. The maximum Gasteiger partial charge on any atom is 0.269 e. The highest BCUT2D eigenvalue weighted by molar-refractivity contribution is 5.35. The molecule has 0 amide bonds. The van der Waals surface area contributed by atoms with Crippen LogP contribution < -0.4 is 0 Å². The number of nitrogens with zero attached hydrogens (tertiary/aromatic N) is 3. The van der Waals surface area contributed by atoms with Gasteiger partial charge in [0.05, 0.1) is 11.3 Å². The van der Waals surface area contributed by atoms with Gasteiger partial charge in [-0.15, -0.1) is 10.2 Å². The second kappa shape index (κ2) is 4.73. The quantitative estimate of drug-likeness (QED) is 0.596. The molecule has 2 rings (SSSR count). The topological polar surface area (TPSA) is 82.1 Å². The molecule has 0 radical (unpaired) electrons. The summed E-state index contributed by atoms with van der Waals surface area (Å²) in [4.78, 5) is 10.2. The molecule has 6 nitrogen and oxygen atoms in total. The average molecular weight is 233 g/mol. The minimum absolute atomic E-state index is 0.0673. The third kappa shape index (κ3) is 2.66. The van der Waals surface area contributed by atoms with Crippen LogP contribution >= 0.6 is 0 Å². The zero-order valence-corrected chi connectivity index (χ0v) is 9.29. The second-order valence-corrected chi connectivity index (χ2v) is 3.55. The second-order valence-electron chi connectivity index (χ2n) is 3.55. The number of benzene rings is 1. The van der Waals surface area contributed by atoms with Crippen molar-refractivity contribution in [1.29, 1.82) is 0 Å². The number of aromatic nitrogens is 2. The van der Waals surface area contributed by atoms with E-state index in [1.807, 2.05) is 6.92 Å². The zero-order valence-electron chi connectivity index (χ0n) is 9.29. The molecule has 0 aliphatic rings. The van der Waals surface area contributed by atoms with E-state index in [9.17, 15) is 10.1 Å². The van der Waals surface area contributed by atoms with Crippen LogP contribution in [0.15, 0.2) is 28.7 Å². The van der Waals surface area contributed by atoms with E-state index in [1.165, 1.54) is 12.1 Å². The van der Waals surface area contributed by atoms with E-state index in [0.717, 1.165) is 5.56 Å². The first kappa shape index (κ1) is 11.3. The number of aryl methyl sites for hydroxylation is 1. The van der Waals surface area contributed by atoms with Gasteiger partial charge >= 0.3 is 0 Å². The molecule has 0 saturated carbocycles. The summed E-state index contributed by atoms with van der Waals surface area (Å²) in [5, 5.41) is 18.3. The summed E-state index contributed by atoms with van der Waals surface area (Å²) >= 11 is 0. The monoisotopic (exact) mass is 233 g/mol. The molecule has 0 aliphatic heterocycles. The van der Waals surface area contributed by atoms with Crippen molar-refractivity contribution in [2.24, 2.45) is 0 Å². The van der Waals surface area contributed by atoms with Crippen molar-refractivity contribution in [3.05, 3.63) is 51.7 Å². The molecule has 0 spiro atoms. The van der Waals surface area contributed by atoms with Gasteiger partial charge in [-0.2, -0.15) is 0 Å². The number of nitro benzene ring substituents is 1. The first-order valence-electron chi connectivity index (χ1n) is 5.23. The molecule has 2 aromatic rings. The lowest BCUT2D eigenvalue weighted by Gasteiger charge is -1.96. The van der Waals surface area contributed by atoms with Crippen molar-refractivity contribution in [2.75, 3.05) is 0 Å². The van der Waals surface area contributed by atoms with Crippen LogP contribution in [-0.2, 0) is 12.8 Å². The van der Waals surface area contributed by atoms with Gasteiger partial charge in [-0.3, -0.25) is 10.1 Å². The molecule has 17 heavy (non-hydrogen) atoms. The van der Waals surface area contributed by atoms with Crippen LogP contribution in [-0.4, -0.2) is 15.1 Å². The normalized spacial score (nSPS) is 10.4. The standard InChI is InChI=1S/C11H11N3O3/c1-2-10-12-13-11(17-10)7-8-4-3-5-9(6-8)14(15)16/h3-6H,2,7H2,1H3. The molecule has 0 saturated heterocycles. The maximum atomic E-state index is 10.6. The fourth-order valence-electron chi connectivity index (χ4n) is 1.46. The summed E-state index contributed by atoms with van der Waals surface area (Å²) in [7, 11) is 0. The first-order valence-corrected chi connectivity index (χ1v) is 5.23. The molecule has 0 bridgehead atoms. The van der Waals surface area contributed by atoms with E-state index in [1.54, 1.807) is 12.1 Å². The van der Waals surface area contributed by atoms with Gasteiger partial charge in [0.1, 0.15) is 0 Å². The summed E-state index contributed by atoms with van der Waals surface area (Å²) < 4.78 is 5.34. The number of hydrogen-bond acceptors (Lipinski definition) is 5. The van der Waals surface area contributed by atoms with Gasteiger partial charge in [0, 0.05) is 18.6 Å². The lowest BCUT2D eigenvalue weighted by atomic mass is 10.1. The summed E-state index contributed by atoms with van der Waals surface area (Å²) in [6.45, 7) is 1.92. The van der Waals surface area contributed by atoms with Crippen LogP contribution in [0.4, 0.5) is 5.69 Å². The van der Waals surface area contributed by atoms with Crippen LogP contribution in [0.2, 0.25) is 0 Å². The van der Waals surface area contributed by atoms with Crippen LogP contribution in [0.25, 0.3) is 0 Å². The Bertz CT molecular complexity index is 536. The van der Waals surface area contributed by atoms with Crippen LogP contribution in [0.3, 0.4) is 0 Å². The van der Waals surface area contributed by atoms with E-state index in [0.29, 0.717) is 24.6 Å². The smallest absolute Gasteiger partial charge is 0.269 e. The number of non-ortho nitro benzene ring substituents is 1. The molecule has 0 fully saturated rings. The Morgan fingerprint density at radius 3 is 2.76 bits per heavy atom. The van der Waals surface area contributed by atoms with E-state index >= 15 is 0 Å². The Morgan fingerprint density at radius 2 is 2.12 bits per heavy atom. The van der Waals surface area contributed by atoms with E-state index in [2.05, 4.69) is 10.2 Å². The Kier molecular flexibility index (Phi) is 3.13. The zero-order chi connectivity index (χ0) is 12.3. The Balaban J connectivity index is 2.18. The number of hydrogen-bond donors (Lipinski definition) is 0. The van der Waals surface area contributed by atoms with Gasteiger partial charge < -0.3 is 4.42 Å². The van der Waals surface area contributed by atoms with Crippen molar-refractivity contribution < 1.29 is 9.34 Å². The van der Waals surface area contributed by atoms with E-state index < -0.39 is 4.92 Å². The Morgan fingerprint density at radius 1 is 1.35 bits per heavy atom. The molecule has 6 heteroatoms. The maximum absolute atomic E-state index is 10.6. The molecule has 0 unspecified atom stereocenters. The van der Waals surface area contributed by atoms with Gasteiger partial charge in [-0.05, 0) is 5.56 Å². The fourth-order valence-corrected chi connectivity index (χ4v) is 1.46. The molecular weight excluding hydrogens is 222 g/mol. The van der Waals surface area contributed by atoms with Crippen LogP contribution in [0, 0.1) is 10.1 Å². The Hall–Kier alpha value is -2.24. The predicted octanol–water partition coefficient (Wildman–Crippen LogP) is 2.13. The lowest BCUT2D eigenvalue weighted by molar-refractivity contribution is -0.384. The first-order chi connectivity index (χ1) is 8.19. The summed E-state index contributed by atoms with van der Waals surface area (Å²) in [5.74, 6) is 1.05. The van der Waals surface area contributed by atoms with Crippen molar-refractivity contribution in [2.45, 2.75) is 19.8 Å². The van der Waals surface area contributed by atoms with Crippen molar-refractivity contribution in [3.8, 4) is 0 Å². The third-order valence-corrected chi connectivity index (χ3v) is 2.29. The van der Waals surface area contributed by atoms with Crippen molar-refractivity contribution >= 4 is 5.69 Å². The van der Waals surface area contributed by atoms with Gasteiger partial charge in [-0.1, -0.05) is 19.1 Å². The minimum Gasteiger partial charge on any atom is -0.425 e. The molecule has 1 aromatic carbocycles. The summed E-state index contributed by atoms with van der Waals surface area (Å²) in [6, 6.07) is 6.40. The van der Waals surface area contributed by atoms with Crippen LogP contribution in [0.5, 0.6) is 0 Å². The van der Waals surface area contributed by atoms with E-state index in [4.69, 9.17) is 4.42 Å². The summed E-state index contributed by atoms with van der Waals surface area (Å²) in [6.07, 6.45) is 1.09. The van der Waals surface area contributed by atoms with E-state index in [-0.39, 0.29) is 5.69 Å². The molecular formula is C11H11N3O3. The van der Waals surface area contributed by atoms with Gasteiger partial charge in [0.2, 0.25) is 11.8 Å². The highest BCUT2D eigenvalue weighted by atomic mass is 16.6. The highest BCUT2D eigenvalue weighted by Crippen LogP contribution is 2.15. The number of rotatable bonds is 4. The van der Waals surface area contributed by atoms with Crippen molar-refractivity contribution in [3.63, 3.8) is 0 Å². The summed E-state index contributed by atoms with van der Waals surface area (Å²) in [5.41, 5.74) is 0.850. The molecule has 0 N–H and O–H groups in total. The molecule has 1 aromatic heterocycles. The predicted molar refractivity (Wildman–Crippen MR) is 59.6 cm³/mol. The molecule has 0 atom stereocenters. The van der Waals surface area contributed by atoms with Gasteiger partial charge in [0.25, 0.3) is 5.69 Å². The van der Waals surface area contributed by atoms with Crippen molar-refractivity contribution in [1.82, 2.24) is 10.2 Å². The molecule has 1 heterocycles.